The van der Waals surface area contributed by atoms with Crippen LogP contribution in [0.5, 0.6) is 0 Å². The third kappa shape index (κ3) is 4.42. The van der Waals surface area contributed by atoms with E-state index in [1.807, 2.05) is 23.2 Å². The van der Waals surface area contributed by atoms with Gasteiger partial charge in [0.05, 0.1) is 23.9 Å². The molecule has 7 heteroatoms. The van der Waals surface area contributed by atoms with Crippen LogP contribution < -0.4 is 0 Å². The Bertz CT molecular complexity index is 787. The number of aryl methyl sites for hydroxylation is 2. The van der Waals surface area contributed by atoms with E-state index in [0.29, 0.717) is 6.42 Å². The molecule has 0 N–H and O–H groups in total. The highest BCUT2D eigenvalue weighted by Gasteiger charge is 2.43. The predicted molar refractivity (Wildman–Crippen MR) is 109 cm³/mol. The van der Waals surface area contributed by atoms with Gasteiger partial charge in [0.15, 0.2) is 0 Å². The van der Waals surface area contributed by atoms with Gasteiger partial charge in [0.1, 0.15) is 0 Å². The molecule has 0 unspecified atom stereocenters. The molecule has 0 aromatic carbocycles. The molecular formula is C21H28N4O2S. The summed E-state index contributed by atoms with van der Waals surface area (Å²) in [5.74, 6) is 0.247. The molecule has 4 rings (SSSR count). The fourth-order valence-electron chi connectivity index (χ4n) is 4.28. The van der Waals surface area contributed by atoms with Gasteiger partial charge in [-0.05, 0) is 37.8 Å². The van der Waals surface area contributed by atoms with Crippen LogP contribution in [0.2, 0.25) is 0 Å². The van der Waals surface area contributed by atoms with Crippen molar-refractivity contribution in [2.45, 2.75) is 44.7 Å². The summed E-state index contributed by atoms with van der Waals surface area (Å²) in [6, 6.07) is 3.95. The molecule has 0 bridgehead atoms. The summed E-state index contributed by atoms with van der Waals surface area (Å²) in [5, 5.41) is 3.28. The van der Waals surface area contributed by atoms with E-state index < -0.39 is 0 Å². The Balaban J connectivity index is 1.33. The molecule has 0 atom stereocenters. The second kappa shape index (κ2) is 8.68. The van der Waals surface area contributed by atoms with Crippen LogP contribution in [0, 0.1) is 6.92 Å². The van der Waals surface area contributed by atoms with Gasteiger partial charge in [-0.25, -0.2) is 4.98 Å². The second-order valence-electron chi connectivity index (χ2n) is 7.80. The minimum absolute atomic E-state index is 0.0376. The summed E-state index contributed by atoms with van der Waals surface area (Å²) in [4.78, 5) is 26.0. The Labute approximate surface area is 170 Å². The molecule has 2 fully saturated rings. The molecule has 2 saturated heterocycles. The van der Waals surface area contributed by atoms with E-state index >= 15 is 0 Å². The van der Waals surface area contributed by atoms with Crippen LogP contribution in [-0.2, 0) is 22.5 Å². The first-order valence-electron chi connectivity index (χ1n) is 10.1. The van der Waals surface area contributed by atoms with Crippen molar-refractivity contribution in [1.82, 2.24) is 19.8 Å². The standard InChI is InChI=1S/C21H28N4O2S/c1-17-23-19(15-28-17)14-25-11-12-27-16-21(25)6-9-24(10-7-21)20(26)5-4-18-3-2-8-22-13-18/h2-3,8,13,15H,4-7,9-12,14,16H2,1H3. The van der Waals surface area contributed by atoms with Crippen LogP contribution in [0.4, 0.5) is 0 Å². The molecule has 0 radical (unpaired) electrons. The van der Waals surface area contributed by atoms with Crippen molar-refractivity contribution in [3.05, 3.63) is 46.2 Å². The van der Waals surface area contributed by atoms with Gasteiger partial charge >= 0.3 is 0 Å². The fourth-order valence-corrected chi connectivity index (χ4v) is 4.88. The first kappa shape index (κ1) is 19.5. The van der Waals surface area contributed by atoms with Crippen LogP contribution in [0.15, 0.2) is 29.9 Å². The molecule has 6 nitrogen and oxygen atoms in total. The maximum absolute atomic E-state index is 12.7. The number of thiazole rings is 1. The van der Waals surface area contributed by atoms with Crippen molar-refractivity contribution in [3.8, 4) is 0 Å². The normalized spacial score (nSPS) is 19.8. The van der Waals surface area contributed by atoms with Gasteiger partial charge in [-0.15, -0.1) is 11.3 Å². The highest BCUT2D eigenvalue weighted by Crippen LogP contribution is 2.33. The topological polar surface area (TPSA) is 58.6 Å². The molecule has 2 aromatic rings. The summed E-state index contributed by atoms with van der Waals surface area (Å²) in [6.07, 6.45) is 6.85. The molecule has 1 spiro atoms. The summed E-state index contributed by atoms with van der Waals surface area (Å²) in [7, 11) is 0. The van der Waals surface area contributed by atoms with Crippen LogP contribution >= 0.6 is 11.3 Å². The molecule has 150 valence electrons. The van der Waals surface area contributed by atoms with Crippen LogP contribution in [-0.4, -0.2) is 64.1 Å². The van der Waals surface area contributed by atoms with Gasteiger partial charge < -0.3 is 9.64 Å². The molecule has 4 heterocycles. The number of piperidine rings is 1. The largest absolute Gasteiger partial charge is 0.378 e. The van der Waals surface area contributed by atoms with Gasteiger partial charge in [-0.1, -0.05) is 6.07 Å². The zero-order valence-corrected chi connectivity index (χ0v) is 17.3. The lowest BCUT2D eigenvalue weighted by Gasteiger charge is -2.51. The minimum atomic E-state index is 0.0376. The van der Waals surface area contributed by atoms with Gasteiger partial charge in [-0.3, -0.25) is 14.7 Å². The molecule has 28 heavy (non-hydrogen) atoms. The molecule has 1 amide bonds. The number of carbonyl (C=O) groups excluding carboxylic acids is 1. The molecule has 2 aromatic heterocycles. The Hall–Kier alpha value is -1.83. The number of aromatic nitrogens is 2. The number of nitrogens with zero attached hydrogens (tertiary/aromatic N) is 4. The summed E-state index contributed by atoms with van der Waals surface area (Å²) >= 11 is 1.71. The first-order valence-corrected chi connectivity index (χ1v) is 10.9. The third-order valence-corrected chi connectivity index (χ3v) is 6.79. The molecule has 2 aliphatic rings. The number of likely N-dealkylation sites (tertiary alicyclic amines) is 1. The molecule has 0 aliphatic carbocycles. The smallest absolute Gasteiger partial charge is 0.222 e. The molecular weight excluding hydrogens is 372 g/mol. The van der Waals surface area contributed by atoms with E-state index in [-0.39, 0.29) is 11.4 Å². The number of hydrogen-bond acceptors (Lipinski definition) is 6. The van der Waals surface area contributed by atoms with Crippen LogP contribution in [0.3, 0.4) is 0 Å². The predicted octanol–water partition coefficient (Wildman–Crippen LogP) is 2.67. The highest BCUT2D eigenvalue weighted by atomic mass is 32.1. The van der Waals surface area contributed by atoms with Crippen LogP contribution in [0.25, 0.3) is 0 Å². The van der Waals surface area contributed by atoms with E-state index in [0.717, 1.165) is 74.9 Å². The first-order chi connectivity index (χ1) is 13.6. The SMILES string of the molecule is Cc1nc(CN2CCOCC23CCN(C(=O)CCc2cccnc2)CC3)cs1. The fraction of sp³-hybridized carbons (Fsp3) is 0.571. The minimum Gasteiger partial charge on any atom is -0.378 e. The maximum atomic E-state index is 12.7. The van der Waals surface area contributed by atoms with Crippen LogP contribution in [0.1, 0.15) is 35.5 Å². The zero-order valence-electron chi connectivity index (χ0n) is 16.5. The zero-order chi connectivity index (χ0) is 19.4. The maximum Gasteiger partial charge on any atom is 0.222 e. The van der Waals surface area contributed by atoms with Gasteiger partial charge in [0, 0.05) is 55.9 Å². The lowest BCUT2D eigenvalue weighted by atomic mass is 9.85. The Kier molecular flexibility index (Phi) is 6.04. The quantitative estimate of drug-likeness (QED) is 0.772. The summed E-state index contributed by atoms with van der Waals surface area (Å²) in [5.41, 5.74) is 2.31. The van der Waals surface area contributed by atoms with Crippen molar-refractivity contribution >= 4 is 17.2 Å². The Morgan fingerprint density at radius 3 is 2.89 bits per heavy atom. The van der Waals surface area contributed by atoms with Crippen molar-refractivity contribution in [3.63, 3.8) is 0 Å². The highest BCUT2D eigenvalue weighted by molar-refractivity contribution is 7.09. The van der Waals surface area contributed by atoms with E-state index in [1.54, 1.807) is 17.5 Å². The lowest BCUT2D eigenvalue weighted by Crippen LogP contribution is -2.61. The Morgan fingerprint density at radius 1 is 1.32 bits per heavy atom. The Morgan fingerprint density at radius 2 is 2.18 bits per heavy atom. The molecule has 2 aliphatic heterocycles. The lowest BCUT2D eigenvalue weighted by molar-refractivity contribution is -0.139. The van der Waals surface area contributed by atoms with Crippen molar-refractivity contribution in [2.75, 3.05) is 32.8 Å². The average Bonchev–Trinajstić information content (AvgIpc) is 3.14. The van der Waals surface area contributed by atoms with Gasteiger partial charge in [-0.2, -0.15) is 0 Å². The average molecular weight is 401 g/mol. The van der Waals surface area contributed by atoms with E-state index in [1.165, 1.54) is 0 Å². The second-order valence-corrected chi connectivity index (χ2v) is 8.86. The number of carbonyl (C=O) groups is 1. The van der Waals surface area contributed by atoms with E-state index in [2.05, 4.69) is 27.2 Å². The number of pyridine rings is 1. The van der Waals surface area contributed by atoms with Crippen molar-refractivity contribution in [2.24, 2.45) is 0 Å². The number of rotatable bonds is 5. The number of morpholine rings is 1. The monoisotopic (exact) mass is 400 g/mol. The summed E-state index contributed by atoms with van der Waals surface area (Å²) in [6.45, 7) is 7.02. The van der Waals surface area contributed by atoms with E-state index in [4.69, 9.17) is 4.74 Å². The van der Waals surface area contributed by atoms with Crippen molar-refractivity contribution < 1.29 is 9.53 Å². The number of amides is 1. The molecule has 0 saturated carbocycles. The number of hydrogen-bond donors (Lipinski definition) is 0. The van der Waals surface area contributed by atoms with Gasteiger partial charge in [0.25, 0.3) is 0 Å². The summed E-state index contributed by atoms with van der Waals surface area (Å²) < 4.78 is 5.87. The third-order valence-electron chi connectivity index (χ3n) is 5.96. The number of ether oxygens (including phenoxy) is 1. The van der Waals surface area contributed by atoms with Gasteiger partial charge in [0.2, 0.25) is 5.91 Å². The van der Waals surface area contributed by atoms with Crippen molar-refractivity contribution in [1.29, 1.82) is 0 Å². The van der Waals surface area contributed by atoms with E-state index in [9.17, 15) is 4.79 Å².